The van der Waals surface area contributed by atoms with Gasteiger partial charge in [0.25, 0.3) is 11.6 Å². The highest BCUT2D eigenvalue weighted by Gasteiger charge is 2.43. The molecule has 0 N–H and O–H groups in total. The van der Waals surface area contributed by atoms with Gasteiger partial charge in [0, 0.05) is 21.9 Å². The Hall–Kier alpha value is -6.64. The lowest BCUT2D eigenvalue weighted by Gasteiger charge is -2.09. The van der Waals surface area contributed by atoms with E-state index in [0.717, 1.165) is 0 Å². The van der Waals surface area contributed by atoms with Crippen molar-refractivity contribution in [3.05, 3.63) is 69.4 Å². The van der Waals surface area contributed by atoms with Crippen LogP contribution in [0, 0.1) is 59.1 Å². The quantitative estimate of drug-likeness (QED) is 0.160. The van der Waals surface area contributed by atoms with Crippen molar-refractivity contribution in [1.82, 2.24) is 29.9 Å². The molecule has 0 spiro atoms. The maximum atomic E-state index is 15.9. The lowest BCUT2D eigenvalue weighted by molar-refractivity contribution is 0.513. The predicted molar refractivity (Wildman–Crippen MR) is 136 cm³/mol. The Balaban J connectivity index is 1.53. The number of hydrogen-bond acceptors (Lipinski definition) is 8. The van der Waals surface area contributed by atoms with Gasteiger partial charge >= 0.3 is 11.3 Å². The zero-order valence-electron chi connectivity index (χ0n) is 20.1. The van der Waals surface area contributed by atoms with E-state index in [0.29, 0.717) is 0 Å². The normalized spacial score (nSPS) is 11.7. The Morgan fingerprint density at radius 1 is 0.548 bits per heavy atom. The van der Waals surface area contributed by atoms with Gasteiger partial charge in [0.1, 0.15) is 34.9 Å². The average molecular weight is 554 g/mol. The van der Waals surface area contributed by atoms with Crippen LogP contribution in [0.1, 0.15) is 11.1 Å². The Bertz CT molecular complexity index is 2220. The van der Waals surface area contributed by atoms with Crippen LogP contribution in [0.5, 0.6) is 0 Å². The first kappa shape index (κ1) is 23.3. The first-order chi connectivity index (χ1) is 20.3. The monoisotopic (exact) mass is 554 g/mol. The number of hydrogen-bond donors (Lipinski definition) is 0. The van der Waals surface area contributed by atoms with E-state index < -0.39 is 57.2 Å². The molecule has 0 bridgehead atoms. The van der Waals surface area contributed by atoms with Crippen molar-refractivity contribution in [1.29, 1.82) is 10.5 Å². The third-order valence-electron chi connectivity index (χ3n) is 7.20. The van der Waals surface area contributed by atoms with Crippen LogP contribution >= 0.6 is 0 Å². The molecule has 3 aromatic carbocycles. The molecule has 0 atom stereocenters. The summed E-state index contributed by atoms with van der Waals surface area (Å²) in [5, 5.41) is 18.4. The Labute approximate surface area is 229 Å². The van der Waals surface area contributed by atoms with Gasteiger partial charge in [0.2, 0.25) is 0 Å². The number of fused-ring (bicyclic) bond motifs is 8. The zero-order chi connectivity index (χ0) is 29.2. The van der Waals surface area contributed by atoms with Crippen LogP contribution < -0.4 is 0 Å². The summed E-state index contributed by atoms with van der Waals surface area (Å²) in [6.45, 7) is 14.5. The van der Waals surface area contributed by atoms with Crippen molar-refractivity contribution in [3.8, 4) is 57.2 Å². The third-order valence-corrected chi connectivity index (χ3v) is 7.20. The number of nitriles is 2. The van der Waals surface area contributed by atoms with E-state index in [9.17, 15) is 10.5 Å². The molecule has 2 aliphatic rings. The largest absolute Gasteiger partial charge is 0.370 e. The molecule has 2 aliphatic carbocycles. The second kappa shape index (κ2) is 7.51. The molecule has 0 aliphatic heterocycles. The maximum absolute atomic E-state index is 15.9. The van der Waals surface area contributed by atoms with Gasteiger partial charge in [-0.05, 0) is 12.1 Å². The van der Waals surface area contributed by atoms with Crippen LogP contribution in [0.2, 0.25) is 0 Å². The molecule has 10 nitrogen and oxygen atoms in total. The molecule has 0 unspecified atom stereocenters. The predicted octanol–water partition coefficient (Wildman–Crippen LogP) is 6.21. The van der Waals surface area contributed by atoms with E-state index in [4.69, 9.17) is 13.1 Å². The SMILES string of the molecule is [C-]#[N+]c1nc2nc3c(nc2nc1[N+]#[C-])-c1c(F)c(F)c2c4c(c(F)c(F)c-3c14)-c1nc3cc(C#N)c(C#N)cc3nc1-2. The minimum absolute atomic E-state index is 0.0380. The molecular weight excluding hydrogens is 552 g/mol. The van der Waals surface area contributed by atoms with Crippen molar-refractivity contribution in [3.63, 3.8) is 0 Å². The first-order valence-corrected chi connectivity index (χ1v) is 11.7. The summed E-state index contributed by atoms with van der Waals surface area (Å²) in [5.41, 5.74) is -3.74. The smallest absolute Gasteiger partial charge is 0.316 e. The second-order valence-electron chi connectivity index (χ2n) is 9.20. The van der Waals surface area contributed by atoms with Crippen LogP contribution in [0.4, 0.5) is 29.2 Å². The van der Waals surface area contributed by atoms with Crippen LogP contribution in [0.3, 0.4) is 0 Å². The number of benzene rings is 3. The second-order valence-corrected chi connectivity index (χ2v) is 9.20. The molecule has 0 radical (unpaired) electrons. The number of halogens is 4. The summed E-state index contributed by atoms with van der Waals surface area (Å²) in [4.78, 5) is 31.2. The van der Waals surface area contributed by atoms with Gasteiger partial charge in [0.15, 0.2) is 23.3 Å². The van der Waals surface area contributed by atoms with Gasteiger partial charge in [0.05, 0.1) is 33.3 Å². The first-order valence-electron chi connectivity index (χ1n) is 11.7. The van der Waals surface area contributed by atoms with Crippen molar-refractivity contribution < 1.29 is 17.6 Å². The van der Waals surface area contributed by atoms with Crippen LogP contribution in [0.15, 0.2) is 12.1 Å². The van der Waals surface area contributed by atoms with Crippen LogP contribution in [-0.4, -0.2) is 29.9 Å². The van der Waals surface area contributed by atoms with Crippen molar-refractivity contribution in [2.75, 3.05) is 0 Å². The third kappa shape index (κ3) is 2.54. The Morgan fingerprint density at radius 2 is 0.881 bits per heavy atom. The summed E-state index contributed by atoms with van der Waals surface area (Å²) in [6, 6.07) is 6.19. The summed E-state index contributed by atoms with van der Waals surface area (Å²) in [5.74, 6) is -6.53. The molecule has 0 amide bonds. The highest BCUT2D eigenvalue weighted by molar-refractivity contribution is 6.25. The number of nitrogens with zero attached hydrogens (tertiary/aromatic N) is 10. The fourth-order valence-corrected chi connectivity index (χ4v) is 5.52. The van der Waals surface area contributed by atoms with Crippen LogP contribution in [0.25, 0.3) is 87.8 Å². The lowest BCUT2D eigenvalue weighted by Crippen LogP contribution is -1.99. The standard InChI is InChI=1S/C28H2F4N10/c1-35-25-26(36-2)42-28-27(41-25)39-23-15-12-11-13(17(29)19(15)31)21-22(14(11)18(30)20(32)16(12)24(23)40-28)38-10-4-8(6-34)7(5-33)3-9(10)37-21/h3-4H. The van der Waals surface area contributed by atoms with Gasteiger partial charge in [-0.25, -0.2) is 27.5 Å². The van der Waals surface area contributed by atoms with E-state index in [1.165, 1.54) is 12.1 Å². The molecule has 3 aromatic heterocycles. The fraction of sp³-hybridized carbons (Fsp3) is 0. The van der Waals surface area contributed by atoms with Crippen LogP contribution in [-0.2, 0) is 0 Å². The molecule has 0 saturated heterocycles. The minimum atomic E-state index is -1.44. The van der Waals surface area contributed by atoms with Crippen molar-refractivity contribution >= 4 is 44.7 Å². The fourth-order valence-electron chi connectivity index (χ4n) is 5.52. The highest BCUT2D eigenvalue weighted by Crippen LogP contribution is 2.58. The molecule has 192 valence electrons. The molecule has 6 aromatic rings. The van der Waals surface area contributed by atoms with Gasteiger partial charge in [-0.15, -0.1) is 9.97 Å². The molecule has 42 heavy (non-hydrogen) atoms. The van der Waals surface area contributed by atoms with Gasteiger partial charge in [-0.2, -0.15) is 20.5 Å². The zero-order valence-corrected chi connectivity index (χ0v) is 20.1. The molecule has 0 saturated carbocycles. The maximum Gasteiger partial charge on any atom is 0.316 e. The summed E-state index contributed by atoms with van der Waals surface area (Å²) >= 11 is 0. The Kier molecular flexibility index (Phi) is 4.16. The highest BCUT2D eigenvalue weighted by atomic mass is 19.2. The van der Waals surface area contributed by atoms with Gasteiger partial charge < -0.3 is 9.69 Å². The molecular formula is C28H2F4N10. The van der Waals surface area contributed by atoms with Gasteiger partial charge in [-0.1, -0.05) is 13.1 Å². The van der Waals surface area contributed by atoms with E-state index in [1.807, 2.05) is 12.1 Å². The molecule has 8 rings (SSSR count). The van der Waals surface area contributed by atoms with E-state index in [1.54, 1.807) is 0 Å². The lowest BCUT2D eigenvalue weighted by atomic mass is 9.96. The summed E-state index contributed by atoms with van der Waals surface area (Å²) in [7, 11) is 0. The summed E-state index contributed by atoms with van der Waals surface area (Å²) in [6.07, 6.45) is 0. The van der Waals surface area contributed by atoms with E-state index >= 15 is 17.6 Å². The topological polar surface area (TPSA) is 134 Å². The Morgan fingerprint density at radius 3 is 1.19 bits per heavy atom. The van der Waals surface area contributed by atoms with Crippen molar-refractivity contribution in [2.45, 2.75) is 0 Å². The number of rotatable bonds is 0. The number of aromatic nitrogens is 6. The molecule has 14 heteroatoms. The average Bonchev–Trinajstić information content (AvgIpc) is 3.51. The molecule has 3 heterocycles. The summed E-state index contributed by atoms with van der Waals surface area (Å²) < 4.78 is 63.7. The minimum Gasteiger partial charge on any atom is -0.370 e. The van der Waals surface area contributed by atoms with E-state index in [2.05, 4.69) is 39.6 Å². The van der Waals surface area contributed by atoms with Crippen molar-refractivity contribution in [2.24, 2.45) is 0 Å². The van der Waals surface area contributed by atoms with E-state index in [-0.39, 0.29) is 67.0 Å². The molecule has 0 fully saturated rings. The van der Waals surface area contributed by atoms with Gasteiger partial charge in [-0.3, -0.25) is 0 Å².